The number of aromatic amines is 1. The topological polar surface area (TPSA) is 67.0 Å². The Balaban J connectivity index is 0.00000210. The number of ether oxygens (including phenoxy) is 1. The zero-order valence-electron chi connectivity index (χ0n) is 14.6. The van der Waals surface area contributed by atoms with Gasteiger partial charge in [0.15, 0.2) is 0 Å². The maximum Gasteiger partial charge on any atom is 0.259 e. The lowest BCUT2D eigenvalue weighted by molar-refractivity contribution is 0.102. The Bertz CT molecular complexity index is 1060. The number of amides is 1. The van der Waals surface area contributed by atoms with Crippen LogP contribution in [0.25, 0.3) is 22.4 Å². The average molecular weight is 380 g/mol. The number of rotatable bonds is 4. The van der Waals surface area contributed by atoms with Gasteiger partial charge in [0.05, 0.1) is 23.7 Å². The summed E-state index contributed by atoms with van der Waals surface area (Å²) >= 11 is 0. The van der Waals surface area contributed by atoms with Gasteiger partial charge in [-0.3, -0.25) is 4.79 Å². The molecule has 4 rings (SSSR count). The molecule has 0 aliphatic heterocycles. The number of hydrogen-bond donors (Lipinski definition) is 2. The monoisotopic (exact) mass is 379 g/mol. The third-order valence-electron chi connectivity index (χ3n) is 4.13. The third kappa shape index (κ3) is 3.78. The van der Waals surface area contributed by atoms with E-state index in [1.54, 1.807) is 19.2 Å². The van der Waals surface area contributed by atoms with Crippen LogP contribution in [-0.4, -0.2) is 23.0 Å². The molecule has 0 atom stereocenters. The van der Waals surface area contributed by atoms with Crippen molar-refractivity contribution in [1.29, 1.82) is 0 Å². The number of para-hydroxylation sites is 3. The number of aromatic nitrogens is 2. The molecule has 0 radical (unpaired) electrons. The molecule has 0 saturated carbocycles. The summed E-state index contributed by atoms with van der Waals surface area (Å²) in [6, 6.07) is 22.6. The quantitative estimate of drug-likeness (QED) is 0.529. The molecule has 0 saturated heterocycles. The number of methoxy groups -OCH3 is 1. The van der Waals surface area contributed by atoms with Crippen LogP contribution >= 0.6 is 12.4 Å². The summed E-state index contributed by atoms with van der Waals surface area (Å²) in [6.07, 6.45) is 0. The van der Waals surface area contributed by atoms with E-state index in [0.29, 0.717) is 17.0 Å². The standard InChI is InChI=1S/C21H17N3O2.ClH/c1-26-19-12-5-2-9-16(19)21(25)22-15-8-6-7-14(13-15)20-23-17-10-3-4-11-18(17)24-20;/h2-13H,1H3,(H,22,25)(H,23,24);1H. The van der Waals surface area contributed by atoms with Crippen molar-refractivity contribution in [3.8, 4) is 17.1 Å². The zero-order valence-corrected chi connectivity index (χ0v) is 15.4. The molecule has 136 valence electrons. The van der Waals surface area contributed by atoms with Gasteiger partial charge in [-0.1, -0.05) is 36.4 Å². The van der Waals surface area contributed by atoms with Crippen molar-refractivity contribution in [3.63, 3.8) is 0 Å². The number of anilines is 1. The second-order valence-electron chi connectivity index (χ2n) is 5.84. The number of nitrogens with one attached hydrogen (secondary N) is 2. The van der Waals surface area contributed by atoms with Gasteiger partial charge in [-0.05, 0) is 36.4 Å². The summed E-state index contributed by atoms with van der Waals surface area (Å²) in [5, 5.41) is 2.92. The van der Waals surface area contributed by atoms with Gasteiger partial charge in [0.2, 0.25) is 0 Å². The molecule has 27 heavy (non-hydrogen) atoms. The van der Waals surface area contributed by atoms with Crippen molar-refractivity contribution in [1.82, 2.24) is 9.97 Å². The Morgan fingerprint density at radius 3 is 2.59 bits per heavy atom. The molecule has 0 aliphatic rings. The summed E-state index contributed by atoms with van der Waals surface area (Å²) in [7, 11) is 1.55. The van der Waals surface area contributed by atoms with Crippen LogP contribution in [-0.2, 0) is 0 Å². The highest BCUT2D eigenvalue weighted by Crippen LogP contribution is 2.24. The van der Waals surface area contributed by atoms with Crippen LogP contribution < -0.4 is 10.1 Å². The number of H-pyrrole nitrogens is 1. The lowest BCUT2D eigenvalue weighted by Crippen LogP contribution is -2.13. The molecule has 1 aromatic heterocycles. The van der Waals surface area contributed by atoms with Crippen LogP contribution in [0.4, 0.5) is 5.69 Å². The van der Waals surface area contributed by atoms with Gasteiger partial charge in [0.1, 0.15) is 11.6 Å². The smallest absolute Gasteiger partial charge is 0.259 e. The Labute approximate surface area is 162 Å². The molecular formula is C21H18ClN3O2. The van der Waals surface area contributed by atoms with Crippen molar-refractivity contribution in [2.24, 2.45) is 0 Å². The predicted octanol–water partition coefficient (Wildman–Crippen LogP) is 4.91. The molecule has 4 aromatic rings. The van der Waals surface area contributed by atoms with Gasteiger partial charge in [0, 0.05) is 11.3 Å². The number of halogens is 1. The van der Waals surface area contributed by atoms with Crippen molar-refractivity contribution >= 4 is 35.0 Å². The molecule has 6 heteroatoms. The highest BCUT2D eigenvalue weighted by atomic mass is 35.5. The lowest BCUT2D eigenvalue weighted by Gasteiger charge is -2.09. The summed E-state index contributed by atoms with van der Waals surface area (Å²) in [6.45, 7) is 0. The van der Waals surface area contributed by atoms with Crippen molar-refractivity contribution in [3.05, 3.63) is 78.4 Å². The van der Waals surface area contributed by atoms with E-state index in [2.05, 4.69) is 15.3 Å². The van der Waals surface area contributed by atoms with Gasteiger partial charge >= 0.3 is 0 Å². The van der Waals surface area contributed by atoms with E-state index in [4.69, 9.17) is 4.74 Å². The molecule has 5 nitrogen and oxygen atoms in total. The molecule has 0 aliphatic carbocycles. The van der Waals surface area contributed by atoms with E-state index in [1.165, 1.54) is 0 Å². The average Bonchev–Trinajstić information content (AvgIpc) is 3.12. The fourth-order valence-electron chi connectivity index (χ4n) is 2.86. The van der Waals surface area contributed by atoms with E-state index >= 15 is 0 Å². The number of hydrogen-bond acceptors (Lipinski definition) is 3. The lowest BCUT2D eigenvalue weighted by atomic mass is 10.1. The number of fused-ring (bicyclic) bond motifs is 1. The molecule has 0 spiro atoms. The first-order valence-electron chi connectivity index (χ1n) is 8.24. The summed E-state index contributed by atoms with van der Waals surface area (Å²) in [4.78, 5) is 20.5. The molecule has 0 fully saturated rings. The maximum atomic E-state index is 12.6. The number of benzene rings is 3. The van der Waals surface area contributed by atoms with Gasteiger partial charge in [-0.25, -0.2) is 4.98 Å². The second kappa shape index (κ2) is 7.93. The first-order chi connectivity index (χ1) is 12.7. The minimum Gasteiger partial charge on any atom is -0.496 e. The van der Waals surface area contributed by atoms with E-state index in [1.807, 2.05) is 60.7 Å². The van der Waals surface area contributed by atoms with Crippen LogP contribution in [0.15, 0.2) is 72.8 Å². The first kappa shape index (κ1) is 18.5. The SMILES string of the molecule is COc1ccccc1C(=O)Nc1cccc(-c2nc3ccccc3[nH]2)c1.Cl. The van der Waals surface area contributed by atoms with Gasteiger partial charge in [0.25, 0.3) is 5.91 Å². The van der Waals surface area contributed by atoms with Crippen LogP contribution in [0.1, 0.15) is 10.4 Å². The van der Waals surface area contributed by atoms with Crippen LogP contribution in [0.5, 0.6) is 5.75 Å². The second-order valence-corrected chi connectivity index (χ2v) is 5.84. The highest BCUT2D eigenvalue weighted by molar-refractivity contribution is 6.06. The Hall–Kier alpha value is -3.31. The van der Waals surface area contributed by atoms with Crippen molar-refractivity contribution in [2.45, 2.75) is 0 Å². The summed E-state index contributed by atoms with van der Waals surface area (Å²) in [5.74, 6) is 1.09. The maximum absolute atomic E-state index is 12.6. The molecule has 2 N–H and O–H groups in total. The molecule has 1 heterocycles. The van der Waals surface area contributed by atoms with E-state index in [-0.39, 0.29) is 18.3 Å². The van der Waals surface area contributed by atoms with Crippen LogP contribution in [0.2, 0.25) is 0 Å². The van der Waals surface area contributed by atoms with E-state index in [0.717, 1.165) is 22.4 Å². The van der Waals surface area contributed by atoms with Gasteiger partial charge in [-0.2, -0.15) is 0 Å². The van der Waals surface area contributed by atoms with Gasteiger partial charge < -0.3 is 15.0 Å². The largest absolute Gasteiger partial charge is 0.496 e. The molecular weight excluding hydrogens is 362 g/mol. The minimum absolute atomic E-state index is 0. The molecule has 0 unspecified atom stereocenters. The minimum atomic E-state index is -0.218. The van der Waals surface area contributed by atoms with Crippen molar-refractivity contribution in [2.75, 3.05) is 12.4 Å². The zero-order chi connectivity index (χ0) is 17.9. The third-order valence-corrected chi connectivity index (χ3v) is 4.13. The van der Waals surface area contributed by atoms with Crippen molar-refractivity contribution < 1.29 is 9.53 Å². The fourth-order valence-corrected chi connectivity index (χ4v) is 2.86. The Morgan fingerprint density at radius 2 is 1.78 bits per heavy atom. The summed E-state index contributed by atoms with van der Waals surface area (Å²) < 4.78 is 5.26. The number of nitrogens with zero attached hydrogens (tertiary/aromatic N) is 1. The molecule has 1 amide bonds. The van der Waals surface area contributed by atoms with Crippen LogP contribution in [0.3, 0.4) is 0 Å². The normalized spacial score (nSPS) is 10.3. The predicted molar refractivity (Wildman–Crippen MR) is 110 cm³/mol. The molecule has 0 bridgehead atoms. The number of carbonyl (C=O) groups is 1. The Kier molecular flexibility index (Phi) is 5.43. The van der Waals surface area contributed by atoms with E-state index in [9.17, 15) is 4.79 Å². The highest BCUT2D eigenvalue weighted by Gasteiger charge is 2.12. The fraction of sp³-hybridized carbons (Fsp3) is 0.0476. The molecule has 3 aromatic carbocycles. The van der Waals surface area contributed by atoms with Crippen LogP contribution in [0, 0.1) is 0 Å². The number of imidazole rings is 1. The Morgan fingerprint density at radius 1 is 1.00 bits per heavy atom. The summed E-state index contributed by atoms with van der Waals surface area (Å²) in [5.41, 5.74) is 3.97. The van der Waals surface area contributed by atoms with E-state index < -0.39 is 0 Å². The first-order valence-corrected chi connectivity index (χ1v) is 8.24. The number of carbonyl (C=O) groups excluding carboxylic acids is 1. The van der Waals surface area contributed by atoms with Gasteiger partial charge in [-0.15, -0.1) is 12.4 Å².